The molecular weight excluding hydrogens is 492 g/mol. The van der Waals surface area contributed by atoms with E-state index in [2.05, 4.69) is 45.8 Å². The zero-order valence-electron chi connectivity index (χ0n) is 24.4. The SMILES string of the molecule is C=C/C=C(\C=C)CN=C/C(=C\N)NNCC1CCOCC1.C=CC(=O)/C(CC)=N\N(C)c1cnn(C)c1.CC. The van der Waals surface area contributed by atoms with Gasteiger partial charge in [0.1, 0.15) is 5.71 Å². The Kier molecular flexibility index (Phi) is 20.1. The topological polar surface area (TPSA) is 122 Å². The number of hydrogen-bond donors (Lipinski definition) is 3. The molecule has 10 nitrogen and oxygen atoms in total. The van der Waals surface area contributed by atoms with E-state index in [4.69, 9.17) is 10.5 Å². The van der Waals surface area contributed by atoms with E-state index in [0.29, 0.717) is 24.6 Å². The van der Waals surface area contributed by atoms with Crippen LogP contribution in [0.1, 0.15) is 40.0 Å². The first-order valence-electron chi connectivity index (χ1n) is 13.3. The summed E-state index contributed by atoms with van der Waals surface area (Å²) in [6.07, 6.45) is 16.1. The highest BCUT2D eigenvalue weighted by molar-refractivity contribution is 6.43. The Morgan fingerprint density at radius 3 is 2.49 bits per heavy atom. The second-order valence-electron chi connectivity index (χ2n) is 8.20. The molecule has 0 unspecified atom stereocenters. The molecule has 216 valence electrons. The monoisotopic (exact) mass is 540 g/mol. The number of aryl methyl sites for hydroxylation is 1. The lowest BCUT2D eigenvalue weighted by atomic mass is 10.0. The van der Waals surface area contributed by atoms with Gasteiger partial charge in [0.2, 0.25) is 5.78 Å². The maximum Gasteiger partial charge on any atom is 0.201 e. The van der Waals surface area contributed by atoms with Gasteiger partial charge in [-0.05, 0) is 36.8 Å². The average molecular weight is 541 g/mol. The van der Waals surface area contributed by atoms with Crippen molar-refractivity contribution in [3.8, 4) is 0 Å². The van der Waals surface area contributed by atoms with Crippen LogP contribution in [0, 0.1) is 5.92 Å². The number of hydrogen-bond acceptors (Lipinski definition) is 9. The molecule has 1 aliphatic rings. The number of aromatic nitrogens is 2. The number of nitrogens with two attached hydrogens (primary N) is 1. The molecule has 1 aromatic heterocycles. The molecule has 0 spiro atoms. The summed E-state index contributed by atoms with van der Waals surface area (Å²) in [6, 6.07) is 0. The molecule has 0 saturated carbocycles. The molecule has 0 aromatic carbocycles. The quantitative estimate of drug-likeness (QED) is 0.141. The van der Waals surface area contributed by atoms with E-state index in [1.807, 2.05) is 40.1 Å². The lowest BCUT2D eigenvalue weighted by molar-refractivity contribution is -0.109. The van der Waals surface area contributed by atoms with Crippen LogP contribution >= 0.6 is 0 Å². The number of nitrogens with zero attached hydrogens (tertiary/aromatic N) is 5. The zero-order chi connectivity index (χ0) is 29.5. The van der Waals surface area contributed by atoms with Crippen LogP contribution in [0.15, 0.2) is 84.0 Å². The number of ether oxygens (including phenoxy) is 1. The molecule has 0 bridgehead atoms. The minimum atomic E-state index is -0.141. The van der Waals surface area contributed by atoms with Gasteiger partial charge in [-0.15, -0.1) is 0 Å². The predicted molar refractivity (Wildman–Crippen MR) is 165 cm³/mol. The van der Waals surface area contributed by atoms with Gasteiger partial charge >= 0.3 is 0 Å². The van der Waals surface area contributed by atoms with Crippen LogP contribution in [0.25, 0.3) is 0 Å². The normalized spacial score (nSPS) is 14.4. The van der Waals surface area contributed by atoms with Crippen molar-refractivity contribution in [3.05, 3.63) is 73.9 Å². The number of hydrazone groups is 1. The van der Waals surface area contributed by atoms with Crippen molar-refractivity contribution in [2.45, 2.75) is 40.0 Å². The van der Waals surface area contributed by atoms with E-state index in [1.54, 1.807) is 41.3 Å². The molecule has 1 aliphatic heterocycles. The lowest BCUT2D eigenvalue weighted by Gasteiger charge is -2.22. The summed E-state index contributed by atoms with van der Waals surface area (Å²) in [5.74, 6) is 0.503. The summed E-state index contributed by atoms with van der Waals surface area (Å²) < 4.78 is 7.02. The fourth-order valence-corrected chi connectivity index (χ4v) is 3.18. The van der Waals surface area contributed by atoms with Crippen LogP contribution in [-0.4, -0.2) is 60.8 Å². The maximum atomic E-state index is 11.4. The highest BCUT2D eigenvalue weighted by atomic mass is 16.5. The number of nitrogens with one attached hydrogen (secondary N) is 2. The van der Waals surface area contributed by atoms with Crippen LogP contribution in [0.4, 0.5) is 5.69 Å². The molecule has 0 aliphatic carbocycles. The van der Waals surface area contributed by atoms with Crippen molar-refractivity contribution < 1.29 is 9.53 Å². The van der Waals surface area contributed by atoms with Gasteiger partial charge in [-0.1, -0.05) is 58.7 Å². The molecule has 1 saturated heterocycles. The third-order valence-electron chi connectivity index (χ3n) is 5.38. The lowest BCUT2D eigenvalue weighted by Crippen LogP contribution is -2.37. The summed E-state index contributed by atoms with van der Waals surface area (Å²) in [4.78, 5) is 15.7. The Labute approximate surface area is 234 Å². The van der Waals surface area contributed by atoms with Crippen molar-refractivity contribution in [2.75, 3.05) is 38.4 Å². The standard InChI is InChI=1S/C16H26N4O.C11H16N4O.C2H6/c1-3-5-14(4-2)11-18-13-16(10-17)20-19-12-15-6-8-21-9-7-15;1-5-10(11(16)6-2)13-15(4)9-7-12-14(3)8-9;1-2/h3-5,10,13,15,19-20H,1-2,6-9,11-12,17H2;6-8H,2,5H2,1,3-4H3;1-2H3/b14-5+,16-10+,18-13?;13-10-;. The van der Waals surface area contributed by atoms with Gasteiger partial charge in [0.25, 0.3) is 0 Å². The molecule has 4 N–H and O–H groups in total. The fourth-order valence-electron chi connectivity index (χ4n) is 3.18. The molecular formula is C29H48N8O2. The van der Waals surface area contributed by atoms with Gasteiger partial charge in [-0.3, -0.25) is 19.5 Å². The van der Waals surface area contributed by atoms with E-state index in [1.165, 1.54) is 12.3 Å². The van der Waals surface area contributed by atoms with Crippen LogP contribution in [0.3, 0.4) is 0 Å². The Balaban J connectivity index is 0.000000718. The number of carbonyl (C=O) groups excluding carboxylic acids is 1. The number of aliphatic imine (C=N–C) groups is 1. The first-order chi connectivity index (χ1) is 18.9. The summed E-state index contributed by atoms with van der Waals surface area (Å²) in [6.45, 7) is 19.9. The van der Waals surface area contributed by atoms with E-state index in [9.17, 15) is 4.79 Å². The minimum absolute atomic E-state index is 0.141. The largest absolute Gasteiger partial charge is 0.403 e. The molecule has 1 aromatic rings. The van der Waals surface area contributed by atoms with Gasteiger partial charge in [-0.2, -0.15) is 10.2 Å². The molecule has 0 amide bonds. The van der Waals surface area contributed by atoms with E-state index < -0.39 is 0 Å². The van der Waals surface area contributed by atoms with Crippen molar-refractivity contribution in [1.29, 1.82) is 0 Å². The average Bonchev–Trinajstić information content (AvgIpc) is 3.42. The second-order valence-corrected chi connectivity index (χ2v) is 8.20. The van der Waals surface area contributed by atoms with Crippen molar-refractivity contribution >= 4 is 23.4 Å². The summed E-state index contributed by atoms with van der Waals surface area (Å²) in [5, 5.41) is 9.89. The van der Waals surface area contributed by atoms with Crippen LogP contribution < -0.4 is 21.6 Å². The third kappa shape index (κ3) is 15.3. The van der Waals surface area contributed by atoms with E-state index in [-0.39, 0.29) is 5.78 Å². The zero-order valence-corrected chi connectivity index (χ0v) is 24.4. The smallest absolute Gasteiger partial charge is 0.201 e. The highest BCUT2D eigenvalue weighted by Crippen LogP contribution is 2.13. The molecule has 39 heavy (non-hydrogen) atoms. The van der Waals surface area contributed by atoms with Crippen molar-refractivity contribution in [3.63, 3.8) is 0 Å². The van der Waals surface area contributed by atoms with Gasteiger partial charge in [0.05, 0.1) is 24.1 Å². The second kappa shape index (κ2) is 22.2. The van der Waals surface area contributed by atoms with Gasteiger partial charge in [-0.25, -0.2) is 5.43 Å². The third-order valence-corrected chi connectivity index (χ3v) is 5.38. The Bertz CT molecular complexity index is 985. The Hall–Kier alpha value is -3.76. The number of rotatable bonds is 14. The predicted octanol–water partition coefficient (Wildman–Crippen LogP) is 4.08. The fraction of sp³-hybridized carbons (Fsp3) is 0.448. The molecule has 2 rings (SSSR count). The van der Waals surface area contributed by atoms with E-state index in [0.717, 1.165) is 49.6 Å². The maximum absolute atomic E-state index is 11.4. The number of anilines is 1. The van der Waals surface area contributed by atoms with Crippen LogP contribution in [0.2, 0.25) is 0 Å². The Morgan fingerprint density at radius 2 is 1.97 bits per heavy atom. The Morgan fingerprint density at radius 1 is 1.28 bits per heavy atom. The van der Waals surface area contributed by atoms with Gasteiger partial charge in [0.15, 0.2) is 0 Å². The van der Waals surface area contributed by atoms with Crippen molar-refractivity contribution in [1.82, 2.24) is 20.6 Å². The first-order valence-corrected chi connectivity index (χ1v) is 13.3. The number of carbonyl (C=O) groups is 1. The van der Waals surface area contributed by atoms with Crippen molar-refractivity contribution in [2.24, 2.45) is 28.8 Å². The number of ketones is 1. The number of hydrazine groups is 1. The summed E-state index contributed by atoms with van der Waals surface area (Å²) in [7, 11) is 3.61. The van der Waals surface area contributed by atoms with Crippen LogP contribution in [0.5, 0.6) is 0 Å². The molecule has 1 fully saturated rings. The summed E-state index contributed by atoms with van der Waals surface area (Å²) >= 11 is 0. The highest BCUT2D eigenvalue weighted by Gasteiger charge is 2.13. The minimum Gasteiger partial charge on any atom is -0.403 e. The molecule has 0 atom stereocenters. The molecule has 0 radical (unpaired) electrons. The van der Waals surface area contributed by atoms with E-state index >= 15 is 0 Å². The summed E-state index contributed by atoms with van der Waals surface area (Å²) in [5.41, 5.74) is 14.9. The molecule has 10 heteroatoms. The first kappa shape index (κ1) is 35.2. The molecule has 2 heterocycles. The van der Waals surface area contributed by atoms with Gasteiger partial charge < -0.3 is 15.9 Å². The van der Waals surface area contributed by atoms with Crippen LogP contribution in [-0.2, 0) is 16.6 Å². The number of allylic oxidation sites excluding steroid dienone is 4. The van der Waals surface area contributed by atoms with Gasteiger partial charge in [0, 0.05) is 52.5 Å².